The maximum absolute atomic E-state index is 13.1. The number of amides is 3. The molecule has 1 aliphatic heterocycles. The van der Waals surface area contributed by atoms with Crippen molar-refractivity contribution in [2.75, 3.05) is 39.1 Å². The van der Waals surface area contributed by atoms with Crippen LogP contribution in [0.1, 0.15) is 18.1 Å². The van der Waals surface area contributed by atoms with E-state index in [1.807, 2.05) is 38.1 Å². The first-order valence-electron chi connectivity index (χ1n) is 11.3. The van der Waals surface area contributed by atoms with Gasteiger partial charge in [-0.15, -0.1) is 0 Å². The zero-order chi connectivity index (χ0) is 25.7. The standard InChI is InChI=1S/C25H32ClN5O4/c1-18(12-19-8-10-21(34)11-9-19)31-23(30(17-33)28(4)15-24(31)35)14-29(16-32)13-20-6-5-7-22(26)25(20)27(2)3/h5-11,16-18,23,34H,12-15H2,1-4H3. The van der Waals surface area contributed by atoms with Gasteiger partial charge in [0.25, 0.3) is 0 Å². The van der Waals surface area contributed by atoms with E-state index in [1.54, 1.807) is 52.2 Å². The Bertz CT molecular complexity index is 1050. The number of phenols is 1. The molecule has 35 heavy (non-hydrogen) atoms. The smallest absolute Gasteiger partial charge is 0.240 e. The molecule has 0 bridgehead atoms. The van der Waals surface area contributed by atoms with E-state index >= 15 is 0 Å². The van der Waals surface area contributed by atoms with Crippen molar-refractivity contribution in [3.05, 3.63) is 58.6 Å². The molecule has 1 saturated heterocycles. The molecule has 0 spiro atoms. The molecule has 9 nitrogen and oxygen atoms in total. The third-order valence-electron chi connectivity index (χ3n) is 6.16. The van der Waals surface area contributed by atoms with Crippen molar-refractivity contribution >= 4 is 36.0 Å². The number of benzene rings is 2. The summed E-state index contributed by atoms with van der Waals surface area (Å²) in [5, 5.41) is 13.2. The van der Waals surface area contributed by atoms with Crippen molar-refractivity contribution in [3.8, 4) is 5.75 Å². The third kappa shape index (κ3) is 6.04. The monoisotopic (exact) mass is 501 g/mol. The quantitative estimate of drug-likeness (QED) is 0.502. The van der Waals surface area contributed by atoms with Crippen LogP contribution in [0.15, 0.2) is 42.5 Å². The molecule has 2 unspecified atom stereocenters. The minimum atomic E-state index is -0.682. The summed E-state index contributed by atoms with van der Waals surface area (Å²) in [7, 11) is 5.44. The van der Waals surface area contributed by atoms with Crippen LogP contribution in [0.25, 0.3) is 0 Å². The zero-order valence-electron chi connectivity index (χ0n) is 20.5. The highest BCUT2D eigenvalue weighted by Crippen LogP contribution is 2.30. The summed E-state index contributed by atoms with van der Waals surface area (Å²) < 4.78 is 0. The van der Waals surface area contributed by atoms with Gasteiger partial charge in [0.05, 0.1) is 23.8 Å². The summed E-state index contributed by atoms with van der Waals surface area (Å²) in [4.78, 5) is 42.5. The minimum absolute atomic E-state index is 0.0509. The number of halogens is 1. The van der Waals surface area contributed by atoms with E-state index in [2.05, 4.69) is 0 Å². The van der Waals surface area contributed by atoms with Gasteiger partial charge in [-0.25, -0.2) is 5.01 Å². The lowest BCUT2D eigenvalue weighted by molar-refractivity contribution is -0.183. The van der Waals surface area contributed by atoms with Crippen LogP contribution in [0.3, 0.4) is 0 Å². The number of hydrazine groups is 1. The molecule has 0 aliphatic carbocycles. The Morgan fingerprint density at radius 1 is 1.17 bits per heavy atom. The van der Waals surface area contributed by atoms with Crippen LogP contribution in [-0.4, -0.2) is 90.1 Å². The van der Waals surface area contributed by atoms with Gasteiger partial charge in [0.2, 0.25) is 18.7 Å². The molecule has 1 heterocycles. The van der Waals surface area contributed by atoms with Gasteiger partial charge in [0, 0.05) is 33.7 Å². The number of carbonyl (C=O) groups is 3. The van der Waals surface area contributed by atoms with Crippen LogP contribution in [0.5, 0.6) is 5.75 Å². The molecule has 0 aromatic heterocycles. The van der Waals surface area contributed by atoms with Crippen LogP contribution in [0.4, 0.5) is 5.69 Å². The second-order valence-corrected chi connectivity index (χ2v) is 9.39. The Morgan fingerprint density at radius 3 is 2.46 bits per heavy atom. The average molecular weight is 502 g/mol. The van der Waals surface area contributed by atoms with Gasteiger partial charge in [0.15, 0.2) is 0 Å². The topological polar surface area (TPSA) is 87.6 Å². The van der Waals surface area contributed by atoms with Crippen LogP contribution in [0, 0.1) is 0 Å². The Kier molecular flexibility index (Phi) is 8.58. The van der Waals surface area contributed by atoms with E-state index in [9.17, 15) is 19.5 Å². The van der Waals surface area contributed by atoms with Gasteiger partial charge >= 0.3 is 0 Å². The highest BCUT2D eigenvalue weighted by Gasteiger charge is 2.40. The van der Waals surface area contributed by atoms with Crippen molar-refractivity contribution in [2.24, 2.45) is 0 Å². The molecule has 1 N–H and O–H groups in total. The molecule has 2 aromatic carbocycles. The fraction of sp³-hybridized carbons (Fsp3) is 0.400. The minimum Gasteiger partial charge on any atom is -0.508 e. The predicted octanol–water partition coefficient (Wildman–Crippen LogP) is 2.17. The summed E-state index contributed by atoms with van der Waals surface area (Å²) in [6.45, 7) is 2.35. The van der Waals surface area contributed by atoms with Gasteiger partial charge in [-0.1, -0.05) is 35.9 Å². The van der Waals surface area contributed by atoms with Crippen molar-refractivity contribution in [3.63, 3.8) is 0 Å². The molecular weight excluding hydrogens is 470 g/mol. The second-order valence-electron chi connectivity index (χ2n) is 8.98. The van der Waals surface area contributed by atoms with Crippen LogP contribution >= 0.6 is 11.6 Å². The SMILES string of the molecule is CC(Cc1ccc(O)cc1)N1C(=O)CN(C)N(C=O)C1CN(C=O)Cc1cccc(Cl)c1N(C)C. The number of hydrogen-bond acceptors (Lipinski definition) is 6. The van der Waals surface area contributed by atoms with Gasteiger partial charge in [0.1, 0.15) is 11.9 Å². The normalized spacial score (nSPS) is 17.3. The summed E-state index contributed by atoms with van der Waals surface area (Å²) in [5.74, 6) is 0.0336. The van der Waals surface area contributed by atoms with Crippen molar-refractivity contribution in [1.29, 1.82) is 0 Å². The lowest BCUT2D eigenvalue weighted by Gasteiger charge is -2.49. The molecule has 0 saturated carbocycles. The van der Waals surface area contributed by atoms with E-state index in [-0.39, 0.29) is 37.3 Å². The van der Waals surface area contributed by atoms with E-state index in [4.69, 9.17) is 11.6 Å². The summed E-state index contributed by atoms with van der Waals surface area (Å²) in [6, 6.07) is 12.1. The lowest BCUT2D eigenvalue weighted by atomic mass is 10.0. The number of likely N-dealkylation sites (N-methyl/N-ethyl adjacent to an activating group) is 1. The third-order valence-corrected chi connectivity index (χ3v) is 6.47. The largest absolute Gasteiger partial charge is 0.508 e. The zero-order valence-corrected chi connectivity index (χ0v) is 21.2. The number of nitrogens with zero attached hydrogens (tertiary/aromatic N) is 5. The summed E-state index contributed by atoms with van der Waals surface area (Å²) in [5.41, 5.74) is 2.61. The number of carbonyl (C=O) groups excluding carboxylic acids is 3. The Labute approximate surface area is 211 Å². The van der Waals surface area contributed by atoms with Crippen LogP contribution in [-0.2, 0) is 27.3 Å². The molecule has 1 aliphatic rings. The summed E-state index contributed by atoms with van der Waals surface area (Å²) in [6.07, 6.45) is 1.26. The fourth-order valence-corrected chi connectivity index (χ4v) is 4.94. The van der Waals surface area contributed by atoms with E-state index < -0.39 is 6.17 Å². The Morgan fingerprint density at radius 2 is 1.86 bits per heavy atom. The Balaban J connectivity index is 1.88. The van der Waals surface area contributed by atoms with Gasteiger partial charge in [-0.2, -0.15) is 0 Å². The fourth-order valence-electron chi connectivity index (χ4n) is 4.58. The van der Waals surface area contributed by atoms with E-state index in [1.165, 1.54) is 5.01 Å². The first kappa shape index (κ1) is 26.3. The number of phenolic OH excluding ortho intramolecular Hbond substituents is 1. The highest BCUT2D eigenvalue weighted by atomic mass is 35.5. The van der Waals surface area contributed by atoms with E-state index in [0.29, 0.717) is 17.9 Å². The van der Waals surface area contributed by atoms with Gasteiger partial charge in [-0.05, 0) is 42.7 Å². The van der Waals surface area contributed by atoms with Crippen molar-refractivity contribution < 1.29 is 19.5 Å². The van der Waals surface area contributed by atoms with Crippen molar-refractivity contribution in [1.82, 2.24) is 19.8 Å². The molecule has 2 aromatic rings. The molecule has 10 heteroatoms. The number of hydrogen-bond donors (Lipinski definition) is 1. The van der Waals surface area contributed by atoms with Gasteiger partial charge < -0.3 is 19.8 Å². The maximum atomic E-state index is 13.1. The Hall–Kier alpha value is -3.30. The number of anilines is 1. The molecule has 2 atom stereocenters. The average Bonchev–Trinajstić information content (AvgIpc) is 2.79. The van der Waals surface area contributed by atoms with Crippen LogP contribution in [0.2, 0.25) is 5.02 Å². The van der Waals surface area contributed by atoms with Gasteiger partial charge in [-0.3, -0.25) is 19.4 Å². The lowest BCUT2D eigenvalue weighted by Crippen LogP contribution is -2.68. The maximum Gasteiger partial charge on any atom is 0.240 e. The van der Waals surface area contributed by atoms with E-state index in [0.717, 1.165) is 23.2 Å². The molecular formula is C25H32ClN5O4. The van der Waals surface area contributed by atoms with Crippen molar-refractivity contribution in [2.45, 2.75) is 32.1 Å². The first-order chi connectivity index (χ1) is 16.7. The predicted molar refractivity (Wildman–Crippen MR) is 135 cm³/mol. The van der Waals surface area contributed by atoms with Crippen LogP contribution < -0.4 is 4.90 Å². The number of aromatic hydroxyl groups is 1. The number of para-hydroxylation sites is 1. The second kappa shape index (κ2) is 11.4. The highest BCUT2D eigenvalue weighted by molar-refractivity contribution is 6.33. The summed E-state index contributed by atoms with van der Waals surface area (Å²) >= 11 is 6.40. The molecule has 1 fully saturated rings. The number of rotatable bonds is 10. The molecule has 188 valence electrons. The molecule has 0 radical (unpaired) electrons. The molecule has 3 rings (SSSR count). The first-order valence-corrected chi connectivity index (χ1v) is 11.7. The molecule has 3 amide bonds.